The molecule has 1 aliphatic rings. The third-order valence-electron chi connectivity index (χ3n) is 3.70. The molecule has 0 fully saturated rings. The summed E-state index contributed by atoms with van der Waals surface area (Å²) in [7, 11) is 1.71. The Kier molecular flexibility index (Phi) is 2.16. The monoisotopic (exact) mass is 215 g/mol. The fourth-order valence-electron chi connectivity index (χ4n) is 2.80. The Morgan fingerprint density at radius 1 is 1.38 bits per heavy atom. The van der Waals surface area contributed by atoms with Gasteiger partial charge in [-0.15, -0.1) is 0 Å². The van der Waals surface area contributed by atoms with Crippen molar-refractivity contribution in [2.75, 3.05) is 7.11 Å². The van der Waals surface area contributed by atoms with Crippen molar-refractivity contribution in [3.63, 3.8) is 0 Å². The summed E-state index contributed by atoms with van der Waals surface area (Å²) in [6, 6.07) is 6.33. The van der Waals surface area contributed by atoms with E-state index in [9.17, 15) is 0 Å². The maximum absolute atomic E-state index is 5.26. The predicted molar refractivity (Wildman–Crippen MR) is 66.2 cm³/mol. The third-order valence-corrected chi connectivity index (χ3v) is 3.70. The number of aryl methyl sites for hydroxylation is 1. The van der Waals surface area contributed by atoms with Crippen LogP contribution in [0.3, 0.4) is 0 Å². The number of hydrogen-bond donors (Lipinski definition) is 1. The number of aromatic nitrogens is 1. The van der Waals surface area contributed by atoms with Gasteiger partial charge < -0.3 is 9.72 Å². The van der Waals surface area contributed by atoms with Crippen molar-refractivity contribution >= 4 is 10.9 Å². The van der Waals surface area contributed by atoms with Crippen molar-refractivity contribution in [2.45, 2.75) is 32.1 Å². The van der Waals surface area contributed by atoms with Gasteiger partial charge in [0.1, 0.15) is 5.75 Å². The highest BCUT2D eigenvalue weighted by molar-refractivity contribution is 5.86. The minimum absolute atomic E-state index is 0.669. The molecule has 1 aromatic carbocycles. The first-order valence-electron chi connectivity index (χ1n) is 5.98. The second-order valence-corrected chi connectivity index (χ2v) is 4.72. The first-order valence-corrected chi connectivity index (χ1v) is 5.98. The predicted octanol–water partition coefficient (Wildman–Crippen LogP) is 3.62. The first kappa shape index (κ1) is 9.76. The van der Waals surface area contributed by atoms with Crippen molar-refractivity contribution in [1.82, 2.24) is 4.98 Å². The summed E-state index contributed by atoms with van der Waals surface area (Å²) in [6.45, 7) is 2.31. The van der Waals surface area contributed by atoms with Crippen LogP contribution in [0.4, 0.5) is 0 Å². The Hall–Kier alpha value is -1.44. The molecular weight excluding hydrogens is 198 g/mol. The molecule has 2 nitrogen and oxygen atoms in total. The highest BCUT2D eigenvalue weighted by atomic mass is 16.5. The van der Waals surface area contributed by atoms with E-state index in [0.29, 0.717) is 5.92 Å². The highest BCUT2D eigenvalue weighted by Gasteiger charge is 2.20. The molecule has 1 N–H and O–H groups in total. The Morgan fingerprint density at radius 3 is 3.06 bits per heavy atom. The zero-order chi connectivity index (χ0) is 11.1. The third kappa shape index (κ3) is 1.33. The summed E-state index contributed by atoms with van der Waals surface area (Å²) >= 11 is 0. The van der Waals surface area contributed by atoms with Crippen molar-refractivity contribution in [3.8, 4) is 5.75 Å². The maximum Gasteiger partial charge on any atom is 0.120 e. The molecule has 2 heteroatoms. The lowest BCUT2D eigenvalue weighted by Gasteiger charge is -2.18. The van der Waals surface area contributed by atoms with E-state index in [4.69, 9.17) is 4.74 Å². The van der Waals surface area contributed by atoms with E-state index in [1.165, 1.54) is 41.4 Å². The van der Waals surface area contributed by atoms with Crippen molar-refractivity contribution in [2.24, 2.45) is 0 Å². The molecule has 1 aromatic heterocycles. The summed E-state index contributed by atoms with van der Waals surface area (Å²) in [5.41, 5.74) is 4.18. The van der Waals surface area contributed by atoms with E-state index >= 15 is 0 Å². The van der Waals surface area contributed by atoms with Gasteiger partial charge in [-0.3, -0.25) is 0 Å². The minimum Gasteiger partial charge on any atom is -0.497 e. The van der Waals surface area contributed by atoms with E-state index in [1.807, 2.05) is 0 Å². The molecule has 1 aliphatic carbocycles. The van der Waals surface area contributed by atoms with Crippen LogP contribution in [0.2, 0.25) is 0 Å². The second kappa shape index (κ2) is 3.55. The van der Waals surface area contributed by atoms with Gasteiger partial charge in [-0.2, -0.15) is 0 Å². The van der Waals surface area contributed by atoms with E-state index in [0.717, 1.165) is 5.75 Å². The van der Waals surface area contributed by atoms with Crippen LogP contribution in [-0.2, 0) is 6.42 Å². The molecule has 0 radical (unpaired) electrons. The normalized spacial score (nSPS) is 19.8. The lowest BCUT2D eigenvalue weighted by molar-refractivity contribution is 0.415. The Morgan fingerprint density at radius 2 is 2.25 bits per heavy atom. The van der Waals surface area contributed by atoms with Crippen LogP contribution in [-0.4, -0.2) is 12.1 Å². The number of H-pyrrole nitrogens is 1. The van der Waals surface area contributed by atoms with Gasteiger partial charge in [-0.1, -0.05) is 6.92 Å². The van der Waals surface area contributed by atoms with Gasteiger partial charge in [0.2, 0.25) is 0 Å². The Balaban J connectivity index is 2.23. The molecule has 1 atom stereocenters. The number of aromatic amines is 1. The highest BCUT2D eigenvalue weighted by Crippen LogP contribution is 2.36. The van der Waals surface area contributed by atoms with Crippen LogP contribution in [0, 0.1) is 0 Å². The largest absolute Gasteiger partial charge is 0.497 e. The number of nitrogens with one attached hydrogen (secondary N) is 1. The number of ether oxygens (including phenoxy) is 1. The van der Waals surface area contributed by atoms with Crippen LogP contribution in [0.5, 0.6) is 5.75 Å². The van der Waals surface area contributed by atoms with Crippen LogP contribution in [0.15, 0.2) is 18.2 Å². The molecule has 0 aliphatic heterocycles. The summed E-state index contributed by atoms with van der Waals surface area (Å²) in [6.07, 6.45) is 3.83. The standard InChI is InChI=1S/C14H17NO/c1-9-4-3-5-12-11-7-6-10(16-2)8-13(11)15-14(9)12/h6-9,15H,3-5H2,1-2H3. The zero-order valence-electron chi connectivity index (χ0n) is 9.84. The van der Waals surface area contributed by atoms with E-state index < -0.39 is 0 Å². The zero-order valence-corrected chi connectivity index (χ0v) is 9.84. The molecule has 84 valence electrons. The molecule has 0 amide bonds. The minimum atomic E-state index is 0.669. The number of fused-ring (bicyclic) bond motifs is 3. The molecule has 3 rings (SSSR count). The van der Waals surface area contributed by atoms with Crippen LogP contribution >= 0.6 is 0 Å². The quantitative estimate of drug-likeness (QED) is 0.772. The van der Waals surface area contributed by atoms with Crippen molar-refractivity contribution in [3.05, 3.63) is 29.5 Å². The number of benzene rings is 1. The van der Waals surface area contributed by atoms with Crippen LogP contribution in [0.1, 0.15) is 36.9 Å². The first-order chi connectivity index (χ1) is 7.79. The van der Waals surface area contributed by atoms with E-state index in [2.05, 4.69) is 30.1 Å². The van der Waals surface area contributed by atoms with Gasteiger partial charge in [0.15, 0.2) is 0 Å². The van der Waals surface area contributed by atoms with Gasteiger partial charge in [0.25, 0.3) is 0 Å². The summed E-state index contributed by atoms with van der Waals surface area (Å²) in [5.74, 6) is 1.60. The van der Waals surface area contributed by atoms with Crippen LogP contribution < -0.4 is 4.74 Å². The molecule has 0 bridgehead atoms. The topological polar surface area (TPSA) is 25.0 Å². The van der Waals surface area contributed by atoms with Crippen LogP contribution in [0.25, 0.3) is 10.9 Å². The second-order valence-electron chi connectivity index (χ2n) is 4.72. The molecular formula is C14H17NO. The molecule has 1 heterocycles. The number of hydrogen-bond acceptors (Lipinski definition) is 1. The average molecular weight is 215 g/mol. The number of methoxy groups -OCH3 is 1. The van der Waals surface area contributed by atoms with Gasteiger partial charge >= 0.3 is 0 Å². The summed E-state index contributed by atoms with van der Waals surface area (Å²) in [5, 5.41) is 1.38. The smallest absolute Gasteiger partial charge is 0.120 e. The van der Waals surface area contributed by atoms with Crippen molar-refractivity contribution in [1.29, 1.82) is 0 Å². The summed E-state index contributed by atoms with van der Waals surface area (Å²) < 4.78 is 5.26. The average Bonchev–Trinajstić information content (AvgIpc) is 2.68. The number of rotatable bonds is 1. The SMILES string of the molecule is COc1ccc2c3c([nH]c2c1)C(C)CCC3. The summed E-state index contributed by atoms with van der Waals surface area (Å²) in [4.78, 5) is 3.56. The lowest BCUT2D eigenvalue weighted by Crippen LogP contribution is -2.05. The van der Waals surface area contributed by atoms with E-state index in [-0.39, 0.29) is 0 Å². The van der Waals surface area contributed by atoms with Gasteiger partial charge in [-0.25, -0.2) is 0 Å². The van der Waals surface area contributed by atoms with E-state index in [1.54, 1.807) is 7.11 Å². The Bertz CT molecular complexity index is 527. The molecule has 0 saturated carbocycles. The fourth-order valence-corrected chi connectivity index (χ4v) is 2.80. The van der Waals surface area contributed by atoms with Gasteiger partial charge in [0, 0.05) is 22.7 Å². The fraction of sp³-hybridized carbons (Fsp3) is 0.429. The molecule has 0 spiro atoms. The maximum atomic E-state index is 5.26. The molecule has 1 unspecified atom stereocenters. The lowest BCUT2D eigenvalue weighted by atomic mass is 9.88. The molecule has 2 aromatic rings. The Labute approximate surface area is 95.6 Å². The molecule has 0 saturated heterocycles. The molecule has 16 heavy (non-hydrogen) atoms. The van der Waals surface area contributed by atoms with Crippen molar-refractivity contribution < 1.29 is 4.74 Å². The van der Waals surface area contributed by atoms with Gasteiger partial charge in [-0.05, 0) is 42.9 Å². The van der Waals surface area contributed by atoms with Gasteiger partial charge in [0.05, 0.1) is 7.11 Å².